The molecule has 1 aromatic heterocycles. The van der Waals surface area contributed by atoms with Crippen LogP contribution in [0.2, 0.25) is 0 Å². The molecule has 1 aliphatic heterocycles. The number of hydrogen-bond donors (Lipinski definition) is 1. The number of halogens is 1. The molecule has 0 radical (unpaired) electrons. The van der Waals surface area contributed by atoms with Gasteiger partial charge in [0.2, 0.25) is 0 Å². The molecule has 0 aliphatic carbocycles. The van der Waals surface area contributed by atoms with Crippen LogP contribution in [0.1, 0.15) is 27.0 Å². The molecule has 0 aromatic carbocycles. The highest BCUT2D eigenvalue weighted by molar-refractivity contribution is 5.66. The van der Waals surface area contributed by atoms with Crippen molar-refractivity contribution in [1.29, 1.82) is 0 Å². The number of carbonyl (C=O) groups excluding carboxylic acids is 1. The maximum atomic E-state index is 13.5. The Labute approximate surface area is 114 Å². The highest BCUT2D eigenvalue weighted by atomic mass is 19.1. The predicted octanol–water partition coefficient (Wildman–Crippen LogP) is 0.450. The van der Waals surface area contributed by atoms with Crippen molar-refractivity contribution >= 4 is 11.8 Å². The van der Waals surface area contributed by atoms with Crippen molar-refractivity contribution in [2.75, 3.05) is 5.73 Å². The molecule has 4 atom stereocenters. The van der Waals surface area contributed by atoms with Crippen molar-refractivity contribution < 1.29 is 18.7 Å². The molecule has 1 aromatic rings. The van der Waals surface area contributed by atoms with Gasteiger partial charge >= 0.3 is 11.7 Å². The Balaban J connectivity index is 2.42. The largest absolute Gasteiger partial charge is 0.457 e. The molecule has 0 bridgehead atoms. The van der Waals surface area contributed by atoms with Gasteiger partial charge in [0.1, 0.15) is 0 Å². The molecule has 0 amide bonds. The third kappa shape index (κ3) is 2.51. The van der Waals surface area contributed by atoms with Crippen LogP contribution in [0.4, 0.5) is 10.2 Å². The van der Waals surface area contributed by atoms with E-state index < -0.39 is 35.6 Å². The summed E-state index contributed by atoms with van der Waals surface area (Å²) in [5.41, 5.74) is 4.48. The smallest absolute Gasteiger partial charge is 0.351 e. The predicted molar refractivity (Wildman–Crippen MR) is 67.2 cm³/mol. The van der Waals surface area contributed by atoms with E-state index in [4.69, 9.17) is 15.2 Å². The number of anilines is 1. The molecule has 8 heteroatoms. The Morgan fingerprint density at radius 3 is 2.80 bits per heavy atom. The fourth-order valence-corrected chi connectivity index (χ4v) is 2.17. The van der Waals surface area contributed by atoms with Crippen molar-refractivity contribution in [3.63, 3.8) is 0 Å². The van der Waals surface area contributed by atoms with Crippen molar-refractivity contribution in [3.8, 4) is 0 Å². The van der Waals surface area contributed by atoms with Crippen molar-refractivity contribution in [2.24, 2.45) is 5.92 Å². The van der Waals surface area contributed by atoms with E-state index in [2.05, 4.69) is 4.98 Å². The van der Waals surface area contributed by atoms with Gasteiger partial charge in [-0.05, 0) is 6.92 Å². The Morgan fingerprint density at radius 1 is 1.55 bits per heavy atom. The summed E-state index contributed by atoms with van der Waals surface area (Å²) in [7, 11) is 0. The molecule has 2 heterocycles. The molecule has 1 saturated heterocycles. The van der Waals surface area contributed by atoms with Crippen LogP contribution in [0.15, 0.2) is 11.0 Å². The standard InChI is InChI=1S/C12H16FN3O4/c1-5-6(2)19-11(9(5)20-7(3)17)16-4-8(13)10(14)15-12(16)18/h4-6,9,11H,1-3H3,(H2,14,15,18)/t5-,6-,9-,11-/m1/s1. The number of nitrogens with zero attached hydrogens (tertiary/aromatic N) is 2. The monoisotopic (exact) mass is 285 g/mol. The first kappa shape index (κ1) is 14.4. The number of hydrogen-bond acceptors (Lipinski definition) is 6. The molecule has 7 nitrogen and oxygen atoms in total. The van der Waals surface area contributed by atoms with Crippen molar-refractivity contribution in [3.05, 3.63) is 22.5 Å². The van der Waals surface area contributed by atoms with Crippen LogP contribution in [-0.2, 0) is 14.3 Å². The Bertz CT molecular complexity index is 589. The van der Waals surface area contributed by atoms with E-state index in [1.807, 2.05) is 6.92 Å². The van der Waals surface area contributed by atoms with E-state index in [0.29, 0.717) is 0 Å². The van der Waals surface area contributed by atoms with Gasteiger partial charge in [0.25, 0.3) is 0 Å². The van der Waals surface area contributed by atoms with Gasteiger partial charge in [-0.2, -0.15) is 4.98 Å². The average molecular weight is 285 g/mol. The summed E-state index contributed by atoms with van der Waals surface area (Å²) in [5, 5.41) is 0. The van der Waals surface area contributed by atoms with Gasteiger partial charge in [-0.15, -0.1) is 0 Å². The van der Waals surface area contributed by atoms with E-state index in [0.717, 1.165) is 10.8 Å². The van der Waals surface area contributed by atoms with Gasteiger partial charge in [0.05, 0.1) is 12.3 Å². The van der Waals surface area contributed by atoms with Gasteiger partial charge in [-0.1, -0.05) is 6.92 Å². The van der Waals surface area contributed by atoms with Crippen LogP contribution in [-0.4, -0.2) is 27.7 Å². The lowest BCUT2D eigenvalue weighted by Crippen LogP contribution is -2.36. The lowest BCUT2D eigenvalue weighted by Gasteiger charge is -2.22. The second-order valence-corrected chi connectivity index (χ2v) is 4.83. The van der Waals surface area contributed by atoms with Gasteiger partial charge < -0.3 is 15.2 Å². The fourth-order valence-electron chi connectivity index (χ4n) is 2.17. The van der Waals surface area contributed by atoms with Gasteiger partial charge in [0.15, 0.2) is 24.0 Å². The van der Waals surface area contributed by atoms with Crippen LogP contribution >= 0.6 is 0 Å². The molecular weight excluding hydrogens is 269 g/mol. The maximum Gasteiger partial charge on any atom is 0.351 e. The summed E-state index contributed by atoms with van der Waals surface area (Å²) >= 11 is 0. The normalized spacial score (nSPS) is 29.4. The second-order valence-electron chi connectivity index (χ2n) is 4.83. The van der Waals surface area contributed by atoms with Crippen LogP contribution in [0.5, 0.6) is 0 Å². The van der Waals surface area contributed by atoms with E-state index >= 15 is 0 Å². The van der Waals surface area contributed by atoms with E-state index in [9.17, 15) is 14.0 Å². The zero-order chi connectivity index (χ0) is 15.0. The summed E-state index contributed by atoms with van der Waals surface area (Å²) in [6, 6.07) is 0. The van der Waals surface area contributed by atoms with Crippen LogP contribution < -0.4 is 11.4 Å². The number of ether oxygens (including phenoxy) is 2. The maximum absolute atomic E-state index is 13.5. The SMILES string of the molecule is CC(=O)O[C@@H]1[C@H](C)[C@@H](C)O[C@H]1n1cc(F)c(N)nc1=O. The van der Waals surface area contributed by atoms with E-state index in [1.165, 1.54) is 6.92 Å². The van der Waals surface area contributed by atoms with E-state index in [-0.39, 0.29) is 12.0 Å². The summed E-state index contributed by atoms with van der Waals surface area (Å²) in [6.07, 6.45) is -0.947. The third-order valence-electron chi connectivity index (χ3n) is 3.40. The molecule has 2 N–H and O–H groups in total. The first-order chi connectivity index (χ1) is 9.31. The number of nitrogen functional groups attached to an aromatic ring is 1. The minimum absolute atomic E-state index is 0.142. The Morgan fingerprint density at radius 2 is 2.20 bits per heavy atom. The lowest BCUT2D eigenvalue weighted by atomic mass is 10.0. The van der Waals surface area contributed by atoms with E-state index in [1.54, 1.807) is 6.92 Å². The molecule has 0 spiro atoms. The van der Waals surface area contributed by atoms with Gasteiger partial charge in [-0.25, -0.2) is 9.18 Å². The summed E-state index contributed by atoms with van der Waals surface area (Å²) < 4.78 is 25.2. The summed E-state index contributed by atoms with van der Waals surface area (Å²) in [4.78, 5) is 26.3. The Hall–Kier alpha value is -1.96. The number of aromatic nitrogens is 2. The van der Waals surface area contributed by atoms with Crippen LogP contribution in [0.25, 0.3) is 0 Å². The molecule has 0 unspecified atom stereocenters. The number of carbonyl (C=O) groups is 1. The molecular formula is C12H16FN3O4. The zero-order valence-corrected chi connectivity index (χ0v) is 11.4. The first-order valence-corrected chi connectivity index (χ1v) is 6.18. The van der Waals surface area contributed by atoms with Crippen LogP contribution in [0.3, 0.4) is 0 Å². The molecule has 1 aliphatic rings. The summed E-state index contributed by atoms with van der Waals surface area (Å²) in [5.74, 6) is -1.95. The molecule has 20 heavy (non-hydrogen) atoms. The number of rotatable bonds is 2. The highest BCUT2D eigenvalue weighted by Crippen LogP contribution is 2.35. The van der Waals surface area contributed by atoms with Crippen molar-refractivity contribution in [2.45, 2.75) is 39.2 Å². The zero-order valence-electron chi connectivity index (χ0n) is 11.4. The highest BCUT2D eigenvalue weighted by Gasteiger charge is 2.43. The number of esters is 1. The molecule has 110 valence electrons. The van der Waals surface area contributed by atoms with Crippen molar-refractivity contribution in [1.82, 2.24) is 9.55 Å². The molecule has 0 saturated carbocycles. The van der Waals surface area contributed by atoms with Gasteiger partial charge in [0, 0.05) is 12.8 Å². The molecule has 2 rings (SSSR count). The topological polar surface area (TPSA) is 96.4 Å². The average Bonchev–Trinajstić information content (AvgIpc) is 2.61. The third-order valence-corrected chi connectivity index (χ3v) is 3.40. The fraction of sp³-hybridized carbons (Fsp3) is 0.583. The van der Waals surface area contributed by atoms with Crippen LogP contribution in [0, 0.1) is 11.7 Å². The Kier molecular flexibility index (Phi) is 3.76. The lowest BCUT2D eigenvalue weighted by molar-refractivity contribution is -0.153. The number of nitrogens with two attached hydrogens (primary N) is 1. The quantitative estimate of drug-likeness (QED) is 0.792. The minimum Gasteiger partial charge on any atom is -0.457 e. The minimum atomic E-state index is -0.918. The second kappa shape index (κ2) is 5.20. The molecule has 1 fully saturated rings. The summed E-state index contributed by atoms with van der Waals surface area (Å²) in [6.45, 7) is 4.87. The van der Waals surface area contributed by atoms with Gasteiger partial charge in [-0.3, -0.25) is 9.36 Å². The first-order valence-electron chi connectivity index (χ1n) is 6.18.